The van der Waals surface area contributed by atoms with E-state index in [2.05, 4.69) is 4.98 Å². The maximum absolute atomic E-state index is 13.1. The van der Waals surface area contributed by atoms with Crippen LogP contribution in [0.1, 0.15) is 15.9 Å². The molecule has 106 valence electrons. The Kier molecular flexibility index (Phi) is 3.35. The topological polar surface area (TPSA) is 58.9 Å². The van der Waals surface area contributed by atoms with E-state index in [4.69, 9.17) is 28.9 Å². The van der Waals surface area contributed by atoms with Crippen LogP contribution in [0.2, 0.25) is 10.0 Å². The third kappa shape index (κ3) is 2.37. The molecule has 0 fully saturated rings. The molecule has 1 heterocycles. The second-order valence-electron chi connectivity index (χ2n) is 4.57. The van der Waals surface area contributed by atoms with Gasteiger partial charge < -0.3 is 10.7 Å². The Morgan fingerprint density at radius 2 is 1.90 bits per heavy atom. The molecule has 0 aliphatic heterocycles. The summed E-state index contributed by atoms with van der Waals surface area (Å²) in [6, 6.07) is 6.89. The van der Waals surface area contributed by atoms with E-state index in [0.717, 1.165) is 6.07 Å². The van der Waals surface area contributed by atoms with Gasteiger partial charge in [0.25, 0.3) is 0 Å². The minimum atomic E-state index is -0.493. The summed E-state index contributed by atoms with van der Waals surface area (Å²) in [6.07, 6.45) is 1.54. The molecule has 0 unspecified atom stereocenters. The van der Waals surface area contributed by atoms with Gasteiger partial charge in [-0.1, -0.05) is 23.2 Å². The SMILES string of the molecule is Nc1cc(F)ccc1C(=O)c1c[nH]c2cc(Cl)cc(Cl)c12. The molecule has 0 aliphatic rings. The largest absolute Gasteiger partial charge is 0.398 e. The summed E-state index contributed by atoms with van der Waals surface area (Å²) in [5, 5.41) is 1.40. The van der Waals surface area contributed by atoms with Crippen LogP contribution >= 0.6 is 23.2 Å². The van der Waals surface area contributed by atoms with Crippen molar-refractivity contribution in [2.24, 2.45) is 0 Å². The lowest BCUT2D eigenvalue weighted by atomic mass is 10.0. The van der Waals surface area contributed by atoms with Crippen LogP contribution in [0.5, 0.6) is 0 Å². The van der Waals surface area contributed by atoms with Gasteiger partial charge in [-0.25, -0.2) is 4.39 Å². The average molecular weight is 323 g/mol. The zero-order chi connectivity index (χ0) is 15.1. The van der Waals surface area contributed by atoms with E-state index in [1.807, 2.05) is 0 Å². The van der Waals surface area contributed by atoms with Crippen molar-refractivity contribution in [1.82, 2.24) is 4.98 Å². The molecular formula is C15H9Cl2FN2O. The summed E-state index contributed by atoms with van der Waals surface area (Å²) in [5.74, 6) is -0.823. The lowest BCUT2D eigenvalue weighted by Gasteiger charge is -2.05. The number of anilines is 1. The Balaban J connectivity index is 2.18. The normalized spacial score (nSPS) is 11.0. The van der Waals surface area contributed by atoms with Crippen LogP contribution in [0.25, 0.3) is 10.9 Å². The van der Waals surface area contributed by atoms with Gasteiger partial charge in [-0.2, -0.15) is 0 Å². The van der Waals surface area contributed by atoms with Gasteiger partial charge in [0.15, 0.2) is 5.78 Å². The molecule has 0 aliphatic carbocycles. The van der Waals surface area contributed by atoms with Gasteiger partial charge in [0, 0.05) is 38.9 Å². The Bertz CT molecular complexity index is 873. The summed E-state index contributed by atoms with van der Waals surface area (Å²) in [7, 11) is 0. The van der Waals surface area contributed by atoms with Crippen LogP contribution in [0.3, 0.4) is 0 Å². The fourth-order valence-electron chi connectivity index (χ4n) is 2.25. The van der Waals surface area contributed by atoms with Crippen LogP contribution in [-0.4, -0.2) is 10.8 Å². The van der Waals surface area contributed by atoms with Gasteiger partial charge in [-0.05, 0) is 30.3 Å². The van der Waals surface area contributed by atoms with Crippen molar-refractivity contribution in [1.29, 1.82) is 0 Å². The quantitative estimate of drug-likeness (QED) is 0.541. The van der Waals surface area contributed by atoms with Crippen LogP contribution < -0.4 is 5.73 Å². The molecule has 3 aromatic rings. The van der Waals surface area contributed by atoms with E-state index in [1.165, 1.54) is 18.3 Å². The molecular weight excluding hydrogens is 314 g/mol. The molecule has 0 saturated heterocycles. The summed E-state index contributed by atoms with van der Waals surface area (Å²) < 4.78 is 13.1. The number of rotatable bonds is 2. The summed E-state index contributed by atoms with van der Waals surface area (Å²) >= 11 is 12.1. The summed E-state index contributed by atoms with van der Waals surface area (Å²) in [4.78, 5) is 15.5. The third-order valence-corrected chi connectivity index (χ3v) is 3.72. The second kappa shape index (κ2) is 5.06. The number of ketones is 1. The first kappa shape index (κ1) is 13.9. The molecule has 3 rings (SSSR count). The fraction of sp³-hybridized carbons (Fsp3) is 0. The first-order valence-corrected chi connectivity index (χ1v) is 6.79. The van der Waals surface area contributed by atoms with E-state index in [0.29, 0.717) is 26.5 Å². The molecule has 0 bridgehead atoms. The highest BCUT2D eigenvalue weighted by Gasteiger charge is 2.19. The number of carbonyl (C=O) groups excluding carboxylic acids is 1. The highest BCUT2D eigenvalue weighted by atomic mass is 35.5. The number of benzene rings is 2. The molecule has 0 spiro atoms. The molecule has 2 aromatic carbocycles. The van der Waals surface area contributed by atoms with Crippen LogP contribution in [0, 0.1) is 5.82 Å². The average Bonchev–Trinajstić information content (AvgIpc) is 2.81. The maximum atomic E-state index is 13.1. The van der Waals surface area contributed by atoms with Gasteiger partial charge in [-0.3, -0.25) is 4.79 Å². The standard InChI is InChI=1S/C15H9Cl2FN2O/c16-7-3-11(17)14-10(6-20-13(14)4-7)15(21)9-2-1-8(18)5-12(9)19/h1-6,20H,19H2. The zero-order valence-corrected chi connectivity index (χ0v) is 12.1. The minimum absolute atomic E-state index is 0.0828. The number of nitrogen functional groups attached to an aromatic ring is 1. The zero-order valence-electron chi connectivity index (χ0n) is 10.6. The monoisotopic (exact) mass is 322 g/mol. The smallest absolute Gasteiger partial charge is 0.197 e. The van der Waals surface area contributed by atoms with Crippen molar-refractivity contribution in [3.05, 3.63) is 63.5 Å². The van der Waals surface area contributed by atoms with Crippen molar-refractivity contribution in [2.75, 3.05) is 5.73 Å². The first-order chi connectivity index (χ1) is 9.97. The highest BCUT2D eigenvalue weighted by Crippen LogP contribution is 2.32. The molecule has 0 atom stereocenters. The number of nitrogens with two attached hydrogens (primary N) is 1. The number of carbonyl (C=O) groups is 1. The van der Waals surface area contributed by atoms with Crippen molar-refractivity contribution in [3.8, 4) is 0 Å². The highest BCUT2D eigenvalue weighted by molar-refractivity contribution is 6.40. The second-order valence-corrected chi connectivity index (χ2v) is 5.42. The number of hydrogen-bond acceptors (Lipinski definition) is 2. The van der Waals surface area contributed by atoms with Gasteiger partial charge in [0.2, 0.25) is 0 Å². The molecule has 0 radical (unpaired) electrons. The minimum Gasteiger partial charge on any atom is -0.398 e. The molecule has 3 nitrogen and oxygen atoms in total. The Morgan fingerprint density at radius 1 is 1.14 bits per heavy atom. The lowest BCUT2D eigenvalue weighted by Crippen LogP contribution is -2.05. The molecule has 1 aromatic heterocycles. The number of aromatic nitrogens is 1. The lowest BCUT2D eigenvalue weighted by molar-refractivity contribution is 0.104. The predicted molar refractivity (Wildman–Crippen MR) is 82.6 cm³/mol. The van der Waals surface area contributed by atoms with Crippen molar-refractivity contribution in [2.45, 2.75) is 0 Å². The van der Waals surface area contributed by atoms with E-state index >= 15 is 0 Å². The third-order valence-electron chi connectivity index (χ3n) is 3.20. The molecule has 21 heavy (non-hydrogen) atoms. The van der Waals surface area contributed by atoms with Crippen LogP contribution in [-0.2, 0) is 0 Å². The first-order valence-electron chi connectivity index (χ1n) is 6.03. The fourth-order valence-corrected chi connectivity index (χ4v) is 2.84. The molecule has 3 N–H and O–H groups in total. The number of nitrogens with one attached hydrogen (secondary N) is 1. The Hall–Kier alpha value is -2.04. The van der Waals surface area contributed by atoms with E-state index in [-0.39, 0.29) is 17.0 Å². The van der Waals surface area contributed by atoms with Gasteiger partial charge >= 0.3 is 0 Å². The van der Waals surface area contributed by atoms with Gasteiger partial charge in [-0.15, -0.1) is 0 Å². The van der Waals surface area contributed by atoms with Gasteiger partial charge in [0.05, 0.1) is 5.02 Å². The number of hydrogen-bond donors (Lipinski definition) is 2. The van der Waals surface area contributed by atoms with Crippen LogP contribution in [0.15, 0.2) is 36.5 Å². The Morgan fingerprint density at radius 3 is 2.62 bits per heavy atom. The van der Waals surface area contributed by atoms with Crippen molar-refractivity contribution >= 4 is 45.6 Å². The number of aromatic amines is 1. The summed E-state index contributed by atoms with van der Waals surface area (Å²) in [6.45, 7) is 0. The van der Waals surface area contributed by atoms with E-state index < -0.39 is 5.82 Å². The summed E-state index contributed by atoms with van der Waals surface area (Å²) in [5.41, 5.74) is 7.03. The van der Waals surface area contributed by atoms with Crippen molar-refractivity contribution in [3.63, 3.8) is 0 Å². The van der Waals surface area contributed by atoms with E-state index in [1.54, 1.807) is 12.1 Å². The Labute approximate surface area is 129 Å². The van der Waals surface area contributed by atoms with Gasteiger partial charge in [0.1, 0.15) is 5.82 Å². The number of halogens is 3. The number of fused-ring (bicyclic) bond motifs is 1. The van der Waals surface area contributed by atoms with E-state index in [9.17, 15) is 9.18 Å². The van der Waals surface area contributed by atoms with Crippen LogP contribution in [0.4, 0.5) is 10.1 Å². The maximum Gasteiger partial charge on any atom is 0.197 e. The predicted octanol–water partition coefficient (Wildman–Crippen LogP) is 4.43. The van der Waals surface area contributed by atoms with Crippen molar-refractivity contribution < 1.29 is 9.18 Å². The molecule has 0 amide bonds. The number of H-pyrrole nitrogens is 1. The molecule has 6 heteroatoms. The molecule has 0 saturated carbocycles.